The first-order valence-corrected chi connectivity index (χ1v) is 4.92. The maximum atomic E-state index is 12.7. The van der Waals surface area contributed by atoms with Crippen LogP contribution in [0.15, 0.2) is 41.4 Å². The summed E-state index contributed by atoms with van der Waals surface area (Å²) in [7, 11) is 0. The lowest BCUT2D eigenvalue weighted by atomic mass is 10.1. The van der Waals surface area contributed by atoms with E-state index in [1.165, 1.54) is 42.5 Å². The van der Waals surface area contributed by atoms with E-state index in [9.17, 15) is 14.0 Å². The molecular formula is C12H6FN3O2. The van der Waals surface area contributed by atoms with E-state index >= 15 is 0 Å². The van der Waals surface area contributed by atoms with Crippen LogP contribution >= 0.6 is 0 Å². The van der Waals surface area contributed by atoms with Gasteiger partial charge in [-0.1, -0.05) is 0 Å². The van der Waals surface area contributed by atoms with Crippen LogP contribution in [-0.2, 0) is 4.79 Å². The number of aromatic nitrogens is 2. The van der Waals surface area contributed by atoms with Crippen LogP contribution in [0, 0.1) is 5.82 Å². The summed E-state index contributed by atoms with van der Waals surface area (Å²) in [6, 6.07) is 7.84. The summed E-state index contributed by atoms with van der Waals surface area (Å²) in [5.74, 6) is -0.738. The second-order valence-electron chi connectivity index (χ2n) is 3.32. The molecule has 1 aromatic carbocycles. The summed E-state index contributed by atoms with van der Waals surface area (Å²) in [5.41, 5.74) is 0.392. The zero-order chi connectivity index (χ0) is 13.0. The van der Waals surface area contributed by atoms with Crippen LogP contribution in [0.25, 0.3) is 0 Å². The largest absolute Gasteiger partial charge is 0.287 e. The van der Waals surface area contributed by atoms with Crippen molar-refractivity contribution >= 4 is 17.7 Å². The van der Waals surface area contributed by atoms with E-state index in [2.05, 4.69) is 15.2 Å². The van der Waals surface area contributed by atoms with Gasteiger partial charge < -0.3 is 0 Å². The summed E-state index contributed by atoms with van der Waals surface area (Å²) in [6.45, 7) is 0. The minimum Gasteiger partial charge on any atom is -0.287 e. The van der Waals surface area contributed by atoms with Gasteiger partial charge in [-0.2, -0.15) is 0 Å². The molecule has 1 heterocycles. The lowest BCUT2D eigenvalue weighted by molar-refractivity contribution is 0.103. The first-order chi connectivity index (χ1) is 8.70. The minimum absolute atomic E-state index is 0.0701. The van der Waals surface area contributed by atoms with Crippen LogP contribution in [0.3, 0.4) is 0 Å². The van der Waals surface area contributed by atoms with E-state index in [1.54, 1.807) is 0 Å². The fraction of sp³-hybridized carbons (Fsp3) is 0. The average molecular weight is 243 g/mol. The average Bonchev–Trinajstić information content (AvgIpc) is 2.40. The van der Waals surface area contributed by atoms with Crippen molar-refractivity contribution in [3.8, 4) is 0 Å². The number of ketones is 1. The van der Waals surface area contributed by atoms with Gasteiger partial charge in [0.1, 0.15) is 11.5 Å². The molecule has 18 heavy (non-hydrogen) atoms. The third kappa shape index (κ3) is 2.50. The zero-order valence-electron chi connectivity index (χ0n) is 9.00. The molecule has 0 aliphatic carbocycles. The Morgan fingerprint density at radius 1 is 1.11 bits per heavy atom. The van der Waals surface area contributed by atoms with Gasteiger partial charge in [0.15, 0.2) is 5.82 Å². The Bertz CT molecular complexity index is 617. The van der Waals surface area contributed by atoms with Gasteiger partial charge >= 0.3 is 0 Å². The molecule has 2 rings (SSSR count). The van der Waals surface area contributed by atoms with Crippen LogP contribution in [0.4, 0.5) is 10.2 Å². The SMILES string of the molecule is O=C=Nc1ccc(C(=O)c2ccc(F)cc2)nn1. The first-order valence-electron chi connectivity index (χ1n) is 4.92. The Balaban J connectivity index is 2.28. The van der Waals surface area contributed by atoms with Crippen LogP contribution < -0.4 is 0 Å². The molecule has 0 spiro atoms. The van der Waals surface area contributed by atoms with Crippen molar-refractivity contribution in [3.05, 3.63) is 53.5 Å². The fourth-order valence-corrected chi connectivity index (χ4v) is 1.30. The van der Waals surface area contributed by atoms with Gasteiger partial charge in [0, 0.05) is 5.56 Å². The van der Waals surface area contributed by atoms with Crippen LogP contribution in [-0.4, -0.2) is 22.1 Å². The molecule has 1 aromatic heterocycles. The van der Waals surface area contributed by atoms with Gasteiger partial charge in [0.05, 0.1) is 0 Å². The van der Waals surface area contributed by atoms with Crippen LogP contribution in [0.5, 0.6) is 0 Å². The van der Waals surface area contributed by atoms with Gasteiger partial charge in [-0.25, -0.2) is 9.18 Å². The standard InChI is InChI=1S/C12H6FN3O2/c13-9-3-1-8(2-4-9)12(18)10-5-6-11(14-7-17)16-15-10/h1-6H. The molecule has 0 unspecified atom stereocenters. The van der Waals surface area contributed by atoms with E-state index in [0.29, 0.717) is 5.56 Å². The highest BCUT2D eigenvalue weighted by molar-refractivity contribution is 6.07. The molecule has 0 aliphatic heterocycles. The molecule has 0 radical (unpaired) electrons. The number of aliphatic imine (C=N–C) groups is 1. The zero-order valence-corrected chi connectivity index (χ0v) is 9.00. The number of hydrogen-bond acceptors (Lipinski definition) is 5. The topological polar surface area (TPSA) is 72.3 Å². The Hall–Kier alpha value is -2.72. The Morgan fingerprint density at radius 2 is 1.83 bits per heavy atom. The van der Waals surface area contributed by atoms with E-state index in [4.69, 9.17) is 0 Å². The van der Waals surface area contributed by atoms with Crippen LogP contribution in [0.2, 0.25) is 0 Å². The molecule has 0 bridgehead atoms. The van der Waals surface area contributed by atoms with E-state index in [1.807, 2.05) is 0 Å². The van der Waals surface area contributed by atoms with Crippen molar-refractivity contribution in [1.29, 1.82) is 0 Å². The van der Waals surface area contributed by atoms with Crippen molar-refractivity contribution in [2.24, 2.45) is 4.99 Å². The fourth-order valence-electron chi connectivity index (χ4n) is 1.30. The molecule has 2 aromatic rings. The highest BCUT2D eigenvalue weighted by Gasteiger charge is 2.11. The molecule has 5 nitrogen and oxygen atoms in total. The van der Waals surface area contributed by atoms with Crippen molar-refractivity contribution in [2.75, 3.05) is 0 Å². The molecule has 0 amide bonds. The smallest absolute Gasteiger partial charge is 0.242 e. The third-order valence-electron chi connectivity index (χ3n) is 2.15. The maximum absolute atomic E-state index is 12.7. The normalized spacial score (nSPS) is 9.61. The summed E-state index contributed by atoms with van der Waals surface area (Å²) in [5, 5.41) is 7.19. The van der Waals surface area contributed by atoms with Crippen molar-refractivity contribution < 1.29 is 14.0 Å². The lowest BCUT2D eigenvalue weighted by Gasteiger charge is -1.99. The molecule has 88 valence electrons. The van der Waals surface area contributed by atoms with Crippen molar-refractivity contribution in [2.45, 2.75) is 0 Å². The van der Waals surface area contributed by atoms with E-state index < -0.39 is 5.82 Å². The number of halogens is 1. The Morgan fingerprint density at radius 3 is 2.39 bits per heavy atom. The number of carbonyl (C=O) groups excluding carboxylic acids is 2. The monoisotopic (exact) mass is 243 g/mol. The van der Waals surface area contributed by atoms with Gasteiger partial charge in [-0.05, 0) is 36.4 Å². The number of isocyanates is 1. The number of nitrogens with zero attached hydrogens (tertiary/aromatic N) is 3. The molecule has 0 saturated carbocycles. The van der Waals surface area contributed by atoms with E-state index in [-0.39, 0.29) is 17.3 Å². The molecule has 0 N–H and O–H groups in total. The number of rotatable bonds is 3. The van der Waals surface area contributed by atoms with Gasteiger partial charge in [0.25, 0.3) is 0 Å². The number of benzene rings is 1. The molecule has 0 fully saturated rings. The third-order valence-corrected chi connectivity index (χ3v) is 2.15. The molecule has 0 aliphatic rings. The van der Waals surface area contributed by atoms with Crippen molar-refractivity contribution in [1.82, 2.24) is 10.2 Å². The summed E-state index contributed by atoms with van der Waals surface area (Å²) in [4.78, 5) is 25.1. The predicted octanol–water partition coefficient (Wildman–Crippen LogP) is 1.81. The number of hydrogen-bond donors (Lipinski definition) is 0. The summed E-state index contributed by atoms with van der Waals surface area (Å²) in [6.07, 6.45) is 1.32. The predicted molar refractivity (Wildman–Crippen MR) is 59.6 cm³/mol. The molecule has 0 saturated heterocycles. The first kappa shape index (κ1) is 11.8. The van der Waals surface area contributed by atoms with Crippen LogP contribution in [0.1, 0.15) is 16.1 Å². The highest BCUT2D eigenvalue weighted by Crippen LogP contribution is 2.10. The summed E-state index contributed by atoms with van der Waals surface area (Å²) >= 11 is 0. The van der Waals surface area contributed by atoms with Crippen molar-refractivity contribution in [3.63, 3.8) is 0 Å². The number of carbonyl (C=O) groups is 1. The summed E-state index contributed by atoms with van der Waals surface area (Å²) < 4.78 is 12.7. The highest BCUT2D eigenvalue weighted by atomic mass is 19.1. The molecule has 6 heteroatoms. The minimum atomic E-state index is -0.423. The Kier molecular flexibility index (Phi) is 3.31. The van der Waals surface area contributed by atoms with E-state index in [0.717, 1.165) is 0 Å². The Labute approximate surface area is 101 Å². The van der Waals surface area contributed by atoms with Gasteiger partial charge in [-0.3, -0.25) is 4.79 Å². The second kappa shape index (κ2) is 5.07. The second-order valence-corrected chi connectivity index (χ2v) is 3.32. The van der Waals surface area contributed by atoms with Gasteiger partial charge in [-0.15, -0.1) is 15.2 Å². The maximum Gasteiger partial charge on any atom is 0.242 e. The quantitative estimate of drug-likeness (QED) is 0.468. The lowest BCUT2D eigenvalue weighted by Crippen LogP contribution is -2.04. The molecular weight excluding hydrogens is 237 g/mol. The van der Waals surface area contributed by atoms with Gasteiger partial charge in [0.2, 0.25) is 11.9 Å². The molecule has 0 atom stereocenters.